The van der Waals surface area contributed by atoms with E-state index in [1.54, 1.807) is 22.7 Å². The van der Waals surface area contributed by atoms with E-state index in [1.807, 2.05) is 53.4 Å². The fourth-order valence-corrected chi connectivity index (χ4v) is 9.35. The molecule has 246 valence electrons. The Morgan fingerprint density at radius 2 is 0.885 bits per heavy atom. The number of fused-ring (bicyclic) bond motifs is 6. The smallest absolute Gasteiger partial charge is 0.0645 e. The summed E-state index contributed by atoms with van der Waals surface area (Å²) >= 11 is 3.54. The van der Waals surface area contributed by atoms with Crippen LogP contribution in [0.25, 0.3) is 51.5 Å². The summed E-state index contributed by atoms with van der Waals surface area (Å²) in [5.41, 5.74) is 5.95. The molecular formula is C48H32N2S2. The average Bonchev–Trinajstić information content (AvgIpc) is 3.82. The summed E-state index contributed by atoms with van der Waals surface area (Å²) in [5.74, 6) is 0. The minimum absolute atomic E-state index is 0.0742. The molecule has 0 saturated heterocycles. The lowest BCUT2D eigenvalue weighted by Crippen LogP contribution is -2.14. The number of nitrogens with zero attached hydrogens (tertiary/aromatic N) is 2. The molecule has 0 radical (unpaired) electrons. The Morgan fingerprint density at radius 1 is 0.365 bits per heavy atom. The maximum atomic E-state index is 9.23. The lowest BCUT2D eigenvalue weighted by atomic mass is 9.98. The van der Waals surface area contributed by atoms with Crippen LogP contribution in [-0.2, 0) is 0 Å². The van der Waals surface area contributed by atoms with E-state index in [0.717, 1.165) is 33.6 Å². The van der Waals surface area contributed by atoms with Crippen molar-refractivity contribution in [2.75, 3.05) is 9.80 Å². The molecule has 0 amide bonds. The third kappa shape index (κ3) is 5.32. The molecular weight excluding hydrogens is 669 g/mol. The summed E-state index contributed by atoms with van der Waals surface area (Å²) in [6.07, 6.45) is 0. The maximum absolute atomic E-state index is 9.23. The van der Waals surface area contributed by atoms with Gasteiger partial charge in [0.1, 0.15) is 0 Å². The second kappa shape index (κ2) is 12.8. The summed E-state index contributed by atoms with van der Waals surface area (Å²) in [4.78, 5) is 4.05. The van der Waals surface area contributed by atoms with Gasteiger partial charge >= 0.3 is 0 Å². The zero-order valence-corrected chi connectivity index (χ0v) is 29.4. The van der Waals surface area contributed by atoms with E-state index >= 15 is 0 Å². The Labute approximate surface area is 317 Å². The lowest BCUT2D eigenvalue weighted by Gasteiger charge is -2.31. The Hall–Kier alpha value is -6.20. The molecule has 10 rings (SSSR count). The number of hydrogen-bond acceptors (Lipinski definition) is 4. The first-order chi connectivity index (χ1) is 27.9. The van der Waals surface area contributed by atoms with Gasteiger partial charge < -0.3 is 9.80 Å². The largest absolute Gasteiger partial charge is 0.310 e. The highest BCUT2D eigenvalue weighted by molar-refractivity contribution is 7.26. The van der Waals surface area contributed by atoms with Crippen molar-refractivity contribution in [3.05, 3.63) is 194 Å². The van der Waals surface area contributed by atoms with Crippen molar-refractivity contribution >= 4 is 97.1 Å². The minimum Gasteiger partial charge on any atom is -0.310 e. The molecule has 0 atom stereocenters. The van der Waals surface area contributed by atoms with Crippen LogP contribution in [0.15, 0.2) is 194 Å². The zero-order chi connectivity index (χ0) is 38.8. The Bertz CT molecular complexity index is 3130. The minimum atomic E-state index is -0.433. The van der Waals surface area contributed by atoms with Crippen molar-refractivity contribution in [2.24, 2.45) is 0 Å². The number of hydrogen-bond donors (Lipinski definition) is 0. The quantitative estimate of drug-likeness (QED) is 0.163. The molecule has 2 aromatic heterocycles. The maximum Gasteiger partial charge on any atom is 0.0645 e. The van der Waals surface area contributed by atoms with Gasteiger partial charge in [-0.2, -0.15) is 0 Å². The van der Waals surface area contributed by atoms with Crippen LogP contribution in [-0.4, -0.2) is 0 Å². The van der Waals surface area contributed by atoms with Gasteiger partial charge in [0.05, 0.1) is 12.5 Å². The van der Waals surface area contributed by atoms with E-state index in [2.05, 4.69) is 120 Å². The first-order valence-electron chi connectivity index (χ1n) is 19.6. The summed E-state index contributed by atoms with van der Waals surface area (Å²) < 4.78 is 49.2. The molecule has 0 saturated carbocycles. The second-order valence-corrected chi connectivity index (χ2v) is 14.8. The van der Waals surface area contributed by atoms with Crippen molar-refractivity contribution in [2.45, 2.75) is 0 Å². The van der Waals surface area contributed by atoms with Crippen LogP contribution in [0.2, 0.25) is 0 Å². The molecule has 8 aromatic carbocycles. The van der Waals surface area contributed by atoms with Crippen molar-refractivity contribution in [3.8, 4) is 11.1 Å². The molecule has 2 heterocycles. The number of benzene rings is 8. The summed E-state index contributed by atoms with van der Waals surface area (Å²) in [6.45, 7) is 0. The van der Waals surface area contributed by atoms with Gasteiger partial charge in [-0.3, -0.25) is 0 Å². The number of anilines is 6. The van der Waals surface area contributed by atoms with E-state index in [9.17, 15) is 2.74 Å². The van der Waals surface area contributed by atoms with Gasteiger partial charge in [-0.25, -0.2) is 0 Å². The Morgan fingerprint density at radius 3 is 1.56 bits per heavy atom. The van der Waals surface area contributed by atoms with Crippen LogP contribution in [0.3, 0.4) is 0 Å². The van der Waals surface area contributed by atoms with Gasteiger partial charge in [-0.15, -0.1) is 22.7 Å². The molecule has 2 nitrogen and oxygen atoms in total. The van der Waals surface area contributed by atoms with Gasteiger partial charge in [-0.1, -0.05) is 103 Å². The van der Waals surface area contributed by atoms with Crippen LogP contribution in [0, 0.1) is 0 Å². The van der Waals surface area contributed by atoms with Gasteiger partial charge in [0.2, 0.25) is 0 Å². The molecule has 0 aliphatic rings. The highest BCUT2D eigenvalue weighted by Crippen LogP contribution is 2.47. The van der Waals surface area contributed by atoms with Crippen molar-refractivity contribution < 1.29 is 6.85 Å². The zero-order valence-electron chi connectivity index (χ0n) is 32.8. The van der Waals surface area contributed by atoms with Crippen molar-refractivity contribution in [1.82, 2.24) is 0 Å². The van der Waals surface area contributed by atoms with Crippen LogP contribution in [0.5, 0.6) is 0 Å². The second-order valence-electron chi connectivity index (χ2n) is 12.6. The Balaban J connectivity index is 1.27. The summed E-state index contributed by atoms with van der Waals surface area (Å²) in [5, 5.41) is 4.69. The molecule has 0 spiro atoms. The Kier molecular flexibility index (Phi) is 6.35. The number of para-hydroxylation sites is 3. The first-order valence-corrected chi connectivity index (χ1v) is 18.7. The van der Waals surface area contributed by atoms with Gasteiger partial charge in [0.25, 0.3) is 0 Å². The van der Waals surface area contributed by atoms with E-state index in [0.29, 0.717) is 11.4 Å². The highest BCUT2D eigenvalue weighted by atomic mass is 32.1. The van der Waals surface area contributed by atoms with Crippen LogP contribution in [0.4, 0.5) is 34.1 Å². The topological polar surface area (TPSA) is 6.48 Å². The van der Waals surface area contributed by atoms with Crippen molar-refractivity contribution in [1.29, 1.82) is 0 Å². The number of rotatable bonds is 7. The van der Waals surface area contributed by atoms with Crippen LogP contribution in [0.1, 0.15) is 6.85 Å². The highest BCUT2D eigenvalue weighted by Gasteiger charge is 2.22. The first kappa shape index (κ1) is 25.7. The molecule has 0 unspecified atom stereocenters. The average molecular weight is 706 g/mol. The van der Waals surface area contributed by atoms with Gasteiger partial charge in [0, 0.05) is 74.3 Å². The third-order valence-corrected chi connectivity index (χ3v) is 11.8. The van der Waals surface area contributed by atoms with Gasteiger partial charge in [-0.05, 0) is 96.5 Å². The molecule has 52 heavy (non-hydrogen) atoms. The predicted octanol–water partition coefficient (Wildman–Crippen LogP) is 15.0. The summed E-state index contributed by atoms with van der Waals surface area (Å²) in [7, 11) is 0. The third-order valence-electron chi connectivity index (χ3n) is 9.53. The predicted molar refractivity (Wildman–Crippen MR) is 227 cm³/mol. The van der Waals surface area contributed by atoms with E-state index in [-0.39, 0.29) is 17.8 Å². The van der Waals surface area contributed by atoms with Gasteiger partial charge in [0.15, 0.2) is 0 Å². The van der Waals surface area contributed by atoms with E-state index < -0.39 is 18.1 Å². The molecule has 0 aliphatic heterocycles. The molecule has 0 fully saturated rings. The normalized spacial score (nSPS) is 12.8. The van der Waals surface area contributed by atoms with Crippen LogP contribution < -0.4 is 9.80 Å². The molecule has 0 bridgehead atoms. The van der Waals surface area contributed by atoms with Crippen molar-refractivity contribution in [3.63, 3.8) is 0 Å². The van der Waals surface area contributed by atoms with E-state index in [4.69, 9.17) is 4.11 Å². The SMILES string of the molecule is [2H]c1c([2H])c([2H])c(N(c2ccccc2)c2cc(N(c3ccccc3)c3ccc4sc5ccccc5c4c3)ccc2-c2ccc3sc4ccccc4c3c2)c([2H])c1[2H]. The van der Waals surface area contributed by atoms with Crippen LogP contribution >= 0.6 is 22.7 Å². The monoisotopic (exact) mass is 705 g/mol. The fourth-order valence-electron chi connectivity index (χ4n) is 7.18. The number of thiophene rings is 2. The fraction of sp³-hybridized carbons (Fsp3) is 0. The standard InChI is InChI=1S/C48H32N2S2/c1-4-14-34(15-5-1)49(37-26-29-48-43(31-37)41-21-11-13-23-46(41)52-48)38-25-27-39(33-24-28-47-42(30-33)40-20-10-12-22-45(40)51-47)44(32-38)50(35-16-6-2-7-17-35)36-18-8-3-9-19-36/h1-32H/i2D,6D,7D,16D,17D. The molecule has 4 heteroatoms. The summed E-state index contributed by atoms with van der Waals surface area (Å²) in [6, 6.07) is 54.3. The molecule has 10 aromatic rings. The molecule has 0 aliphatic carbocycles. The molecule has 0 N–H and O–H groups in total. The lowest BCUT2D eigenvalue weighted by molar-refractivity contribution is 1.25. The van der Waals surface area contributed by atoms with E-state index in [1.165, 1.54) is 35.0 Å².